The van der Waals surface area contributed by atoms with Crippen LogP contribution in [0.25, 0.3) is 0 Å². The number of hydrogen-bond acceptors (Lipinski definition) is 4. The highest BCUT2D eigenvalue weighted by Crippen LogP contribution is 2.21. The van der Waals surface area contributed by atoms with Crippen molar-refractivity contribution in [1.29, 1.82) is 0 Å². The Labute approximate surface area is 62.1 Å². The summed E-state index contributed by atoms with van der Waals surface area (Å²) in [5.41, 5.74) is 0.361. The summed E-state index contributed by atoms with van der Waals surface area (Å²) in [5, 5.41) is 17.6. The first-order valence-corrected chi connectivity index (χ1v) is 2.91. The molecule has 54 valence electrons. The minimum absolute atomic E-state index is 0.0602. The number of rotatable bonds is 0. The van der Waals surface area contributed by atoms with Gasteiger partial charge in [0.25, 0.3) is 0 Å². The van der Waals surface area contributed by atoms with Gasteiger partial charge >= 0.3 is 6.01 Å². The lowest BCUT2D eigenvalue weighted by Crippen LogP contribution is -1.86. The SMILES string of the molecule is Cc1c(O)nc(O)nc1Cl. The number of aromatic hydroxyl groups is 2. The summed E-state index contributed by atoms with van der Waals surface area (Å²) in [6, 6.07) is -0.520. The van der Waals surface area contributed by atoms with Gasteiger partial charge in [0.05, 0.1) is 0 Å². The van der Waals surface area contributed by atoms with Gasteiger partial charge in [0.1, 0.15) is 5.15 Å². The van der Waals surface area contributed by atoms with E-state index in [0.717, 1.165) is 0 Å². The molecule has 0 aromatic carbocycles. The van der Waals surface area contributed by atoms with Crippen molar-refractivity contribution in [3.8, 4) is 11.9 Å². The maximum atomic E-state index is 8.89. The highest BCUT2D eigenvalue weighted by atomic mass is 35.5. The normalized spacial score (nSPS) is 9.80. The van der Waals surface area contributed by atoms with Crippen molar-refractivity contribution in [1.82, 2.24) is 9.97 Å². The van der Waals surface area contributed by atoms with Crippen molar-refractivity contribution in [2.24, 2.45) is 0 Å². The molecule has 1 heterocycles. The Morgan fingerprint density at radius 2 is 1.90 bits per heavy atom. The third-order valence-electron chi connectivity index (χ3n) is 1.05. The minimum Gasteiger partial charge on any atom is -0.493 e. The average Bonchev–Trinajstić information content (AvgIpc) is 1.82. The summed E-state index contributed by atoms with van der Waals surface area (Å²) in [4.78, 5) is 6.63. The lowest BCUT2D eigenvalue weighted by molar-refractivity contribution is 0.395. The zero-order valence-electron chi connectivity index (χ0n) is 5.17. The molecular weight excluding hydrogens is 156 g/mol. The largest absolute Gasteiger partial charge is 0.493 e. The van der Waals surface area contributed by atoms with Crippen LogP contribution in [0.2, 0.25) is 5.15 Å². The quantitative estimate of drug-likeness (QED) is 0.553. The highest BCUT2D eigenvalue weighted by Gasteiger charge is 2.05. The van der Waals surface area contributed by atoms with Gasteiger partial charge in [-0.15, -0.1) is 0 Å². The standard InChI is InChI=1S/C5H5ClN2O2/c1-2-3(6)7-5(10)8-4(2)9/h1H3,(H2,7,8,9,10). The molecule has 1 aromatic heterocycles. The fourth-order valence-electron chi connectivity index (χ4n) is 0.467. The van der Waals surface area contributed by atoms with E-state index >= 15 is 0 Å². The van der Waals surface area contributed by atoms with Gasteiger partial charge in [0.2, 0.25) is 5.88 Å². The van der Waals surface area contributed by atoms with Gasteiger partial charge in [-0.2, -0.15) is 9.97 Å². The van der Waals surface area contributed by atoms with Crippen LogP contribution in [0.4, 0.5) is 0 Å². The fourth-order valence-corrected chi connectivity index (χ4v) is 0.628. The molecule has 0 spiro atoms. The van der Waals surface area contributed by atoms with Crippen LogP contribution < -0.4 is 0 Å². The Bertz CT molecular complexity index is 241. The van der Waals surface area contributed by atoms with Gasteiger partial charge in [-0.25, -0.2) is 0 Å². The Balaban J connectivity index is 3.31. The number of halogens is 1. The zero-order chi connectivity index (χ0) is 7.72. The van der Waals surface area contributed by atoms with E-state index in [9.17, 15) is 0 Å². The molecular formula is C5H5ClN2O2. The van der Waals surface area contributed by atoms with Gasteiger partial charge < -0.3 is 10.2 Å². The Hall–Kier alpha value is -1.03. The molecule has 0 aliphatic carbocycles. The van der Waals surface area contributed by atoms with Crippen LogP contribution in [0.3, 0.4) is 0 Å². The van der Waals surface area contributed by atoms with E-state index in [2.05, 4.69) is 9.97 Å². The van der Waals surface area contributed by atoms with E-state index in [4.69, 9.17) is 21.8 Å². The molecule has 0 aliphatic rings. The molecule has 0 aliphatic heterocycles. The van der Waals surface area contributed by atoms with E-state index in [0.29, 0.717) is 5.56 Å². The van der Waals surface area contributed by atoms with Crippen molar-refractivity contribution in [2.45, 2.75) is 6.92 Å². The van der Waals surface area contributed by atoms with Gasteiger partial charge in [-0.3, -0.25) is 0 Å². The molecule has 1 rings (SSSR count). The molecule has 0 bridgehead atoms. The van der Waals surface area contributed by atoms with E-state index < -0.39 is 6.01 Å². The molecule has 0 fully saturated rings. The third kappa shape index (κ3) is 1.11. The van der Waals surface area contributed by atoms with Crippen molar-refractivity contribution >= 4 is 11.6 Å². The second kappa shape index (κ2) is 2.30. The fraction of sp³-hybridized carbons (Fsp3) is 0.200. The highest BCUT2D eigenvalue weighted by molar-refractivity contribution is 6.30. The lowest BCUT2D eigenvalue weighted by Gasteiger charge is -1.97. The predicted octanol–water partition coefficient (Wildman–Crippen LogP) is 0.850. The molecule has 2 N–H and O–H groups in total. The summed E-state index contributed by atoms with van der Waals surface area (Å²) in [6.07, 6.45) is 0. The topological polar surface area (TPSA) is 66.2 Å². The summed E-state index contributed by atoms with van der Waals surface area (Å²) in [7, 11) is 0. The number of nitrogens with zero attached hydrogens (tertiary/aromatic N) is 2. The smallest absolute Gasteiger partial charge is 0.318 e. The van der Waals surface area contributed by atoms with Gasteiger partial charge in [0, 0.05) is 5.56 Å². The summed E-state index contributed by atoms with van der Waals surface area (Å²) >= 11 is 5.45. The van der Waals surface area contributed by atoms with E-state index in [1.165, 1.54) is 0 Å². The third-order valence-corrected chi connectivity index (χ3v) is 1.42. The molecule has 0 radical (unpaired) electrons. The van der Waals surface area contributed by atoms with Gasteiger partial charge in [-0.1, -0.05) is 11.6 Å². The number of hydrogen-bond donors (Lipinski definition) is 2. The molecule has 0 saturated carbocycles. The van der Waals surface area contributed by atoms with Crippen LogP contribution in [0.5, 0.6) is 11.9 Å². The summed E-state index contributed by atoms with van der Waals surface area (Å²) in [5.74, 6) is -0.294. The lowest BCUT2D eigenvalue weighted by atomic mass is 10.4. The van der Waals surface area contributed by atoms with E-state index in [-0.39, 0.29) is 11.0 Å². The van der Waals surface area contributed by atoms with Crippen molar-refractivity contribution in [3.63, 3.8) is 0 Å². The van der Waals surface area contributed by atoms with Gasteiger partial charge in [-0.05, 0) is 6.92 Å². The second-order valence-electron chi connectivity index (χ2n) is 1.76. The first-order chi connectivity index (χ1) is 4.61. The maximum Gasteiger partial charge on any atom is 0.318 e. The molecule has 0 saturated heterocycles. The maximum absolute atomic E-state index is 8.89. The monoisotopic (exact) mass is 160 g/mol. The molecule has 10 heavy (non-hydrogen) atoms. The zero-order valence-corrected chi connectivity index (χ0v) is 5.92. The van der Waals surface area contributed by atoms with Crippen LogP contribution in [-0.2, 0) is 0 Å². The Morgan fingerprint density at radius 3 is 2.40 bits per heavy atom. The number of aromatic nitrogens is 2. The molecule has 5 heteroatoms. The van der Waals surface area contributed by atoms with Crippen LogP contribution in [-0.4, -0.2) is 20.2 Å². The van der Waals surface area contributed by atoms with Crippen LogP contribution in [0.1, 0.15) is 5.56 Å². The Morgan fingerprint density at radius 1 is 1.30 bits per heavy atom. The van der Waals surface area contributed by atoms with Crippen LogP contribution in [0.15, 0.2) is 0 Å². The molecule has 4 nitrogen and oxygen atoms in total. The first-order valence-electron chi connectivity index (χ1n) is 2.53. The van der Waals surface area contributed by atoms with Crippen LogP contribution >= 0.6 is 11.6 Å². The average molecular weight is 161 g/mol. The van der Waals surface area contributed by atoms with E-state index in [1.54, 1.807) is 6.92 Å². The second-order valence-corrected chi connectivity index (χ2v) is 2.12. The molecule has 0 amide bonds. The van der Waals surface area contributed by atoms with E-state index in [1.807, 2.05) is 0 Å². The van der Waals surface area contributed by atoms with Crippen molar-refractivity contribution < 1.29 is 10.2 Å². The van der Waals surface area contributed by atoms with Crippen LogP contribution in [0, 0.1) is 6.92 Å². The molecule has 0 atom stereocenters. The Kier molecular flexibility index (Phi) is 1.63. The van der Waals surface area contributed by atoms with Crippen molar-refractivity contribution in [2.75, 3.05) is 0 Å². The minimum atomic E-state index is -0.520. The summed E-state index contributed by atoms with van der Waals surface area (Å²) < 4.78 is 0. The van der Waals surface area contributed by atoms with Gasteiger partial charge in [0.15, 0.2) is 0 Å². The summed E-state index contributed by atoms with van der Waals surface area (Å²) in [6.45, 7) is 1.55. The van der Waals surface area contributed by atoms with Crippen molar-refractivity contribution in [3.05, 3.63) is 10.7 Å². The predicted molar refractivity (Wildman–Crippen MR) is 35.1 cm³/mol. The molecule has 1 aromatic rings. The molecule has 0 unspecified atom stereocenters. The first kappa shape index (κ1) is 7.08.